The molecule has 140 valence electrons. The first-order valence-corrected chi connectivity index (χ1v) is 9.89. The lowest BCUT2D eigenvalue weighted by atomic mass is 9.95. The number of carbonyl (C=O) groups excluding carboxylic acids is 1. The number of rotatable bonds is 4. The van der Waals surface area contributed by atoms with Crippen LogP contribution in [0.4, 0.5) is 0 Å². The minimum atomic E-state index is -0.503. The summed E-state index contributed by atoms with van der Waals surface area (Å²) in [5, 5.41) is 9.89. The molecule has 5 rings (SSSR count). The number of hydrogen-bond donors (Lipinski definition) is 2. The number of benzene rings is 1. The van der Waals surface area contributed by atoms with Crippen molar-refractivity contribution in [2.24, 2.45) is 0 Å². The number of imidazole rings is 1. The molecule has 28 heavy (non-hydrogen) atoms. The van der Waals surface area contributed by atoms with Gasteiger partial charge in [-0.25, -0.2) is 15.4 Å². The third-order valence-corrected chi connectivity index (χ3v) is 6.59. The summed E-state index contributed by atoms with van der Waals surface area (Å²) >= 11 is 1.73. The molecule has 7 heteroatoms. The van der Waals surface area contributed by atoms with E-state index in [1.54, 1.807) is 28.9 Å². The molecule has 1 aliphatic rings. The second-order valence-corrected chi connectivity index (χ2v) is 8.30. The fourth-order valence-corrected chi connectivity index (χ4v) is 4.89. The molecule has 0 unspecified atom stereocenters. The number of hydrogen-bond acceptors (Lipinski definition) is 5. The normalized spacial score (nSPS) is 14.9. The molecule has 0 bridgehead atoms. The van der Waals surface area contributed by atoms with E-state index in [0.29, 0.717) is 5.56 Å². The van der Waals surface area contributed by atoms with E-state index >= 15 is 0 Å². The lowest BCUT2D eigenvalue weighted by Gasteiger charge is -2.13. The zero-order chi connectivity index (χ0) is 19.3. The highest BCUT2D eigenvalue weighted by atomic mass is 32.1. The molecule has 0 aliphatic heterocycles. The number of carbonyl (C=O) groups is 1. The van der Waals surface area contributed by atoms with Gasteiger partial charge in [-0.15, -0.1) is 11.3 Å². The van der Waals surface area contributed by atoms with E-state index in [1.807, 2.05) is 42.7 Å². The van der Waals surface area contributed by atoms with Crippen LogP contribution in [-0.2, 0) is 5.41 Å². The molecule has 1 amide bonds. The molecule has 1 aliphatic carbocycles. The van der Waals surface area contributed by atoms with Crippen LogP contribution in [0, 0.1) is 6.92 Å². The fraction of sp³-hybridized carbons (Fsp3) is 0.190. The lowest BCUT2D eigenvalue weighted by molar-refractivity contribution is 0.0706. The topological polar surface area (TPSA) is 79.5 Å². The maximum Gasteiger partial charge on any atom is 0.274 e. The van der Waals surface area contributed by atoms with Crippen LogP contribution in [0.3, 0.4) is 0 Å². The summed E-state index contributed by atoms with van der Waals surface area (Å²) in [6.07, 6.45) is 5.97. The van der Waals surface area contributed by atoms with Gasteiger partial charge in [0.1, 0.15) is 16.3 Å². The van der Waals surface area contributed by atoms with Crippen LogP contribution >= 0.6 is 11.3 Å². The van der Waals surface area contributed by atoms with Crippen molar-refractivity contribution in [2.45, 2.75) is 25.2 Å². The smallest absolute Gasteiger partial charge is 0.274 e. The Kier molecular flexibility index (Phi) is 3.82. The Hall–Kier alpha value is -3.03. The zero-order valence-corrected chi connectivity index (χ0v) is 16.0. The van der Waals surface area contributed by atoms with E-state index in [4.69, 9.17) is 10.2 Å². The van der Waals surface area contributed by atoms with Crippen LogP contribution in [0.25, 0.3) is 17.0 Å². The van der Waals surface area contributed by atoms with Crippen LogP contribution in [0.5, 0.6) is 0 Å². The van der Waals surface area contributed by atoms with Crippen molar-refractivity contribution in [1.29, 1.82) is 0 Å². The molecule has 3 aromatic heterocycles. The number of fused-ring (bicyclic) bond motifs is 1. The first kappa shape index (κ1) is 17.1. The average molecular weight is 390 g/mol. The average Bonchev–Trinajstić information content (AvgIpc) is 3.29. The van der Waals surface area contributed by atoms with Gasteiger partial charge < -0.3 is 0 Å². The van der Waals surface area contributed by atoms with Gasteiger partial charge in [-0.2, -0.15) is 0 Å². The number of aromatic nitrogens is 3. The highest BCUT2D eigenvalue weighted by molar-refractivity contribution is 7.12. The summed E-state index contributed by atoms with van der Waals surface area (Å²) in [5.74, 6) is -0.503. The van der Waals surface area contributed by atoms with Crippen molar-refractivity contribution in [3.05, 3.63) is 75.9 Å². The van der Waals surface area contributed by atoms with Crippen LogP contribution in [0.2, 0.25) is 0 Å². The third kappa shape index (κ3) is 2.55. The zero-order valence-electron chi connectivity index (χ0n) is 15.2. The minimum absolute atomic E-state index is 0.0810. The fourth-order valence-electron chi connectivity index (χ4n) is 3.70. The molecule has 0 saturated heterocycles. The number of pyridine rings is 1. The van der Waals surface area contributed by atoms with Crippen molar-refractivity contribution in [1.82, 2.24) is 19.8 Å². The van der Waals surface area contributed by atoms with Gasteiger partial charge in [-0.3, -0.25) is 14.4 Å². The van der Waals surface area contributed by atoms with Crippen LogP contribution in [0.1, 0.15) is 38.6 Å². The Balaban J connectivity index is 1.54. The number of nitrogens with one attached hydrogen (secondary N) is 1. The molecule has 0 atom stereocenters. The van der Waals surface area contributed by atoms with Crippen LogP contribution in [-0.4, -0.2) is 25.5 Å². The Morgan fingerprint density at radius 3 is 2.71 bits per heavy atom. The Morgan fingerprint density at radius 2 is 2.00 bits per heavy atom. The standard InChI is InChI=1S/C21H18N4O2S/c1-13-18(16-12-22-17-4-2-3-11-25(16)17)23-20(28-13)21(9-10-21)15-7-5-14(6-8-15)19(26)24-27/h2-8,11-12,27H,9-10H2,1H3,(H,24,26). The Labute approximate surface area is 165 Å². The predicted octanol–water partition coefficient (Wildman–Crippen LogP) is 3.97. The van der Waals surface area contributed by atoms with Gasteiger partial charge >= 0.3 is 0 Å². The summed E-state index contributed by atoms with van der Waals surface area (Å²) in [5.41, 5.74) is 6.06. The molecule has 4 aromatic rings. The Bertz CT molecular complexity index is 1190. The lowest BCUT2D eigenvalue weighted by Crippen LogP contribution is -2.18. The molecule has 1 saturated carbocycles. The SMILES string of the molecule is Cc1sc(C2(c3ccc(C(=O)NO)cc3)CC2)nc1-c1cnc2ccccn12. The highest BCUT2D eigenvalue weighted by Crippen LogP contribution is 2.55. The Morgan fingerprint density at radius 1 is 1.21 bits per heavy atom. The number of aryl methyl sites for hydroxylation is 1. The van der Waals surface area contributed by atoms with Crippen LogP contribution in [0.15, 0.2) is 54.9 Å². The van der Waals surface area contributed by atoms with Gasteiger partial charge in [0, 0.05) is 22.1 Å². The van der Waals surface area contributed by atoms with Crippen molar-refractivity contribution >= 4 is 22.9 Å². The molecule has 0 radical (unpaired) electrons. The second-order valence-electron chi connectivity index (χ2n) is 7.10. The summed E-state index contributed by atoms with van der Waals surface area (Å²) in [6.45, 7) is 2.10. The largest absolute Gasteiger partial charge is 0.298 e. The van der Waals surface area contributed by atoms with E-state index in [9.17, 15) is 4.79 Å². The molecule has 2 N–H and O–H groups in total. The first-order valence-electron chi connectivity index (χ1n) is 9.08. The highest BCUT2D eigenvalue weighted by Gasteiger charge is 2.48. The van der Waals surface area contributed by atoms with Crippen molar-refractivity contribution in [3.8, 4) is 11.4 Å². The van der Waals surface area contributed by atoms with Gasteiger partial charge in [-0.05, 0) is 49.6 Å². The number of thiazole rings is 1. The van der Waals surface area contributed by atoms with E-state index in [1.165, 1.54) is 4.88 Å². The molecule has 1 aromatic carbocycles. The first-order chi connectivity index (χ1) is 13.6. The van der Waals surface area contributed by atoms with Crippen molar-refractivity contribution in [2.75, 3.05) is 0 Å². The maximum atomic E-state index is 11.6. The van der Waals surface area contributed by atoms with E-state index in [2.05, 4.69) is 16.3 Å². The second kappa shape index (κ2) is 6.25. The van der Waals surface area contributed by atoms with E-state index in [-0.39, 0.29) is 5.41 Å². The monoisotopic (exact) mass is 390 g/mol. The minimum Gasteiger partial charge on any atom is -0.298 e. The van der Waals surface area contributed by atoms with Gasteiger partial charge in [0.25, 0.3) is 5.91 Å². The number of amides is 1. The summed E-state index contributed by atoms with van der Waals surface area (Å²) in [4.78, 5) is 22.2. The molecule has 3 heterocycles. The maximum absolute atomic E-state index is 11.6. The van der Waals surface area contributed by atoms with Gasteiger partial charge in [0.05, 0.1) is 11.9 Å². The third-order valence-electron chi connectivity index (χ3n) is 5.42. The molecule has 1 fully saturated rings. The molecule has 0 spiro atoms. The van der Waals surface area contributed by atoms with Gasteiger partial charge in [-0.1, -0.05) is 18.2 Å². The summed E-state index contributed by atoms with van der Waals surface area (Å²) in [7, 11) is 0. The summed E-state index contributed by atoms with van der Waals surface area (Å²) in [6, 6.07) is 13.4. The molecular weight excluding hydrogens is 372 g/mol. The number of nitrogens with zero attached hydrogens (tertiary/aromatic N) is 3. The number of hydroxylamine groups is 1. The van der Waals surface area contributed by atoms with Crippen molar-refractivity contribution in [3.63, 3.8) is 0 Å². The predicted molar refractivity (Wildman–Crippen MR) is 107 cm³/mol. The molecular formula is C21H18N4O2S. The van der Waals surface area contributed by atoms with Gasteiger partial charge in [0.2, 0.25) is 0 Å². The quantitative estimate of drug-likeness (QED) is 0.408. The van der Waals surface area contributed by atoms with Crippen LogP contribution < -0.4 is 5.48 Å². The van der Waals surface area contributed by atoms with E-state index in [0.717, 1.165) is 40.4 Å². The summed E-state index contributed by atoms with van der Waals surface area (Å²) < 4.78 is 2.06. The molecule has 6 nitrogen and oxygen atoms in total. The van der Waals surface area contributed by atoms with E-state index < -0.39 is 5.91 Å². The van der Waals surface area contributed by atoms with Crippen molar-refractivity contribution < 1.29 is 10.0 Å². The van der Waals surface area contributed by atoms with Gasteiger partial charge in [0.15, 0.2) is 0 Å².